The highest BCUT2D eigenvalue weighted by Gasteiger charge is 2.39. The molecule has 11 heteroatoms. The Morgan fingerprint density at radius 3 is 1.64 bits per heavy atom. The summed E-state index contributed by atoms with van der Waals surface area (Å²) in [5.41, 5.74) is 1.05. The molecule has 2 aliphatic heterocycles. The number of carbonyl (C=O) groups is 3. The van der Waals surface area contributed by atoms with Gasteiger partial charge in [0.15, 0.2) is 18.3 Å². The molecule has 0 bridgehead atoms. The van der Waals surface area contributed by atoms with E-state index in [1.165, 1.54) is 24.7 Å². The maximum Gasteiger partial charge on any atom is 0.338 e. The Kier molecular flexibility index (Phi) is 11.6. The third kappa shape index (κ3) is 8.77. The van der Waals surface area contributed by atoms with E-state index in [4.69, 9.17) is 39.0 Å². The number of rotatable bonds is 8. The molecule has 6 atom stereocenters. The molecule has 0 spiro atoms. The van der Waals surface area contributed by atoms with Crippen molar-refractivity contribution in [3.05, 3.63) is 132 Å². The molecule has 0 amide bonds. The van der Waals surface area contributed by atoms with Crippen molar-refractivity contribution in [1.29, 1.82) is 0 Å². The third-order valence-corrected chi connectivity index (χ3v) is 6.55. The monoisotopic (exact) mass is 604 g/mol. The number of carbonyl (C=O) groups excluding carboxylic acids is 3. The van der Waals surface area contributed by atoms with Crippen LogP contribution in [-0.2, 0) is 23.7 Å². The van der Waals surface area contributed by atoms with E-state index in [9.17, 15) is 14.4 Å². The normalized spacial score (nSPS) is 23.5. The van der Waals surface area contributed by atoms with Gasteiger partial charge >= 0.3 is 17.9 Å². The van der Waals surface area contributed by atoms with Crippen molar-refractivity contribution in [1.82, 2.24) is 0 Å². The van der Waals surface area contributed by atoms with E-state index in [2.05, 4.69) is 0 Å². The minimum Gasteiger partial charge on any atom is -0.493 e. The molecule has 3 aromatic carbocycles. The minimum atomic E-state index is -1.05. The lowest BCUT2D eigenvalue weighted by molar-refractivity contribution is -0.0981. The van der Waals surface area contributed by atoms with Gasteiger partial charge in [0, 0.05) is 0 Å². The van der Waals surface area contributed by atoms with Gasteiger partial charge in [-0.05, 0) is 48.6 Å². The summed E-state index contributed by atoms with van der Waals surface area (Å²) in [6.07, 6.45) is -0.0890. The first-order valence-corrected chi connectivity index (χ1v) is 13.7. The largest absolute Gasteiger partial charge is 0.493 e. The molecule has 3 aromatic rings. The van der Waals surface area contributed by atoms with Crippen molar-refractivity contribution in [3.63, 3.8) is 0 Å². The number of esters is 3. The summed E-state index contributed by atoms with van der Waals surface area (Å²) in [7, 11) is 0. The summed E-state index contributed by atoms with van der Waals surface area (Å²) in [6.45, 7) is -0.507. The molecule has 0 radical (unpaired) electrons. The summed E-state index contributed by atoms with van der Waals surface area (Å²) in [5, 5.41) is 26.6. The molecule has 0 saturated carbocycles. The van der Waals surface area contributed by atoms with Crippen molar-refractivity contribution < 1.29 is 53.4 Å². The van der Waals surface area contributed by atoms with Crippen LogP contribution in [0.5, 0.6) is 0 Å². The zero-order valence-corrected chi connectivity index (χ0v) is 23.5. The highest BCUT2D eigenvalue weighted by Crippen LogP contribution is 2.23. The second-order valence-electron chi connectivity index (χ2n) is 9.61. The van der Waals surface area contributed by atoms with Crippen LogP contribution in [0.25, 0.3) is 0 Å². The Balaban J connectivity index is 0.000000375. The topological polar surface area (TPSA) is 158 Å². The predicted octanol–water partition coefficient (Wildman–Crippen LogP) is 2.82. The van der Waals surface area contributed by atoms with E-state index in [-0.39, 0.29) is 13.2 Å². The predicted molar refractivity (Wildman–Crippen MR) is 155 cm³/mol. The van der Waals surface area contributed by atoms with Crippen molar-refractivity contribution in [2.24, 2.45) is 0 Å². The molecule has 5 rings (SSSR count). The number of hydrogen-bond donors (Lipinski definition) is 3. The number of ether oxygens (including phenoxy) is 5. The van der Waals surface area contributed by atoms with Crippen LogP contribution >= 0.6 is 0 Å². The van der Waals surface area contributed by atoms with E-state index in [1.807, 2.05) is 0 Å². The zero-order chi connectivity index (χ0) is 31.3. The molecular weight excluding hydrogens is 572 g/mol. The van der Waals surface area contributed by atoms with Gasteiger partial charge < -0.3 is 39.0 Å². The standard InChI is InChI=1S/C27H22O7.C6H10O4/c28-25(19-10-4-1-5-11-19)32-18-23-24(34-27(30)21-14-8-3-9-15-21)22(16-17-31-23)33-26(29)20-12-6-2-7-13-20;7-3-5-6(9)4(8)1-2-10-5/h1-17,22-24H,18H2;1-2,4-9H,3H2/t22-,23-,24-;4-,5-,6-/m11/s1. The van der Waals surface area contributed by atoms with E-state index < -0.39 is 54.5 Å². The fourth-order valence-electron chi connectivity index (χ4n) is 4.14. The summed E-state index contributed by atoms with van der Waals surface area (Å²) in [6, 6.07) is 25.4. The van der Waals surface area contributed by atoms with Gasteiger partial charge in [0.1, 0.15) is 24.9 Å². The average molecular weight is 605 g/mol. The van der Waals surface area contributed by atoms with Crippen LogP contribution in [0.1, 0.15) is 31.1 Å². The van der Waals surface area contributed by atoms with E-state index in [0.29, 0.717) is 16.7 Å². The molecule has 0 aliphatic carbocycles. The van der Waals surface area contributed by atoms with Crippen LogP contribution < -0.4 is 0 Å². The summed E-state index contributed by atoms with van der Waals surface area (Å²) >= 11 is 0. The molecule has 0 saturated heterocycles. The van der Waals surface area contributed by atoms with Gasteiger partial charge in [0.2, 0.25) is 0 Å². The van der Waals surface area contributed by atoms with Crippen molar-refractivity contribution in [2.75, 3.05) is 13.2 Å². The highest BCUT2D eigenvalue weighted by atomic mass is 16.6. The quantitative estimate of drug-likeness (QED) is 0.256. The van der Waals surface area contributed by atoms with Crippen LogP contribution in [0.2, 0.25) is 0 Å². The van der Waals surface area contributed by atoms with E-state index in [1.54, 1.807) is 91.0 Å². The van der Waals surface area contributed by atoms with Crippen molar-refractivity contribution in [2.45, 2.75) is 36.6 Å². The van der Waals surface area contributed by atoms with Crippen molar-refractivity contribution >= 4 is 17.9 Å². The van der Waals surface area contributed by atoms with Gasteiger partial charge in [0.05, 0.1) is 35.8 Å². The second-order valence-corrected chi connectivity index (χ2v) is 9.61. The highest BCUT2D eigenvalue weighted by molar-refractivity contribution is 5.91. The Labute approximate surface area is 253 Å². The molecule has 44 heavy (non-hydrogen) atoms. The third-order valence-electron chi connectivity index (χ3n) is 6.55. The van der Waals surface area contributed by atoms with Crippen LogP contribution in [0, 0.1) is 0 Å². The molecular formula is C33H32O11. The smallest absolute Gasteiger partial charge is 0.338 e. The fraction of sp³-hybridized carbons (Fsp3) is 0.242. The van der Waals surface area contributed by atoms with Gasteiger partial charge in [-0.15, -0.1) is 0 Å². The lowest BCUT2D eigenvalue weighted by atomic mass is 10.1. The van der Waals surface area contributed by atoms with Gasteiger partial charge in [-0.25, -0.2) is 14.4 Å². The van der Waals surface area contributed by atoms with Crippen LogP contribution in [0.3, 0.4) is 0 Å². The zero-order valence-electron chi connectivity index (χ0n) is 23.5. The van der Waals surface area contributed by atoms with Crippen molar-refractivity contribution in [3.8, 4) is 0 Å². The van der Waals surface area contributed by atoms with Crippen LogP contribution in [0.15, 0.2) is 116 Å². The lowest BCUT2D eigenvalue weighted by Crippen LogP contribution is -2.48. The molecule has 230 valence electrons. The molecule has 11 nitrogen and oxygen atoms in total. The number of aliphatic hydroxyl groups excluding tert-OH is 3. The minimum absolute atomic E-state index is 0.218. The summed E-state index contributed by atoms with van der Waals surface area (Å²) < 4.78 is 27.1. The van der Waals surface area contributed by atoms with Gasteiger partial charge in [-0.1, -0.05) is 54.6 Å². The molecule has 0 unspecified atom stereocenters. The Bertz CT molecular complexity index is 1410. The Morgan fingerprint density at radius 2 is 1.11 bits per heavy atom. The maximum absolute atomic E-state index is 12.8. The van der Waals surface area contributed by atoms with Gasteiger partial charge in [-0.2, -0.15) is 0 Å². The first-order chi connectivity index (χ1) is 21.4. The average Bonchev–Trinajstić information content (AvgIpc) is 3.07. The first-order valence-electron chi connectivity index (χ1n) is 13.7. The number of benzene rings is 3. The molecule has 3 N–H and O–H groups in total. The summed E-state index contributed by atoms with van der Waals surface area (Å²) in [5.74, 6) is -1.76. The second kappa shape index (κ2) is 16.0. The van der Waals surface area contributed by atoms with Crippen LogP contribution in [0.4, 0.5) is 0 Å². The SMILES string of the molecule is O=C(OC[C@H]1OC=C[C@@H](OC(=O)c2ccccc2)[C@H]1OC(=O)c1ccccc1)c1ccccc1.OC[C@H]1OC=C[C@@H](O)[C@H]1O. The number of aliphatic hydroxyl groups is 3. The maximum atomic E-state index is 12.8. The molecule has 0 aromatic heterocycles. The lowest BCUT2D eigenvalue weighted by Gasteiger charge is -2.33. The van der Waals surface area contributed by atoms with Gasteiger partial charge in [-0.3, -0.25) is 0 Å². The first kappa shape index (κ1) is 32.0. The Morgan fingerprint density at radius 1 is 0.636 bits per heavy atom. The summed E-state index contributed by atoms with van der Waals surface area (Å²) in [4.78, 5) is 37.8. The number of hydrogen-bond acceptors (Lipinski definition) is 11. The fourth-order valence-corrected chi connectivity index (χ4v) is 4.14. The van der Waals surface area contributed by atoms with E-state index in [0.717, 1.165) is 0 Å². The molecule has 2 heterocycles. The molecule has 2 aliphatic rings. The van der Waals surface area contributed by atoms with E-state index >= 15 is 0 Å². The van der Waals surface area contributed by atoms with Crippen LogP contribution in [-0.4, -0.2) is 83.1 Å². The molecule has 0 fully saturated rings. The van der Waals surface area contributed by atoms with Gasteiger partial charge in [0.25, 0.3) is 0 Å². The Hall–Kier alpha value is -4.97.